The second-order valence-corrected chi connectivity index (χ2v) is 5.61. The average Bonchev–Trinajstić information content (AvgIpc) is 2.86. The molecule has 108 valence electrons. The molecule has 0 aromatic heterocycles. The van der Waals surface area contributed by atoms with E-state index in [4.69, 9.17) is 23.2 Å². The van der Waals surface area contributed by atoms with Crippen molar-refractivity contribution >= 4 is 40.5 Å². The number of halogens is 3. The van der Waals surface area contributed by atoms with Crippen molar-refractivity contribution in [2.24, 2.45) is 0 Å². The zero-order valence-electron chi connectivity index (χ0n) is 10.8. The lowest BCUT2D eigenvalue weighted by Gasteiger charge is -2.14. The van der Waals surface area contributed by atoms with Crippen LogP contribution in [0.5, 0.6) is 0 Å². The van der Waals surface area contributed by atoms with Gasteiger partial charge in [-0.2, -0.15) is 0 Å². The van der Waals surface area contributed by atoms with Gasteiger partial charge >= 0.3 is 0 Å². The number of rotatable bonds is 2. The zero-order valence-corrected chi connectivity index (χ0v) is 12.3. The zero-order chi connectivity index (χ0) is 15.0. The van der Waals surface area contributed by atoms with E-state index in [9.17, 15) is 9.18 Å². The van der Waals surface area contributed by atoms with Crippen LogP contribution in [-0.2, 0) is 11.2 Å². The first-order valence-electron chi connectivity index (χ1n) is 6.34. The maximum Gasteiger partial charge on any atom is 0.247 e. The number of carbonyl (C=O) groups excluding carboxylic acids is 1. The second kappa shape index (κ2) is 5.54. The molecule has 1 atom stereocenters. The van der Waals surface area contributed by atoms with Gasteiger partial charge in [0.15, 0.2) is 0 Å². The number of amides is 1. The minimum absolute atomic E-state index is 0.0730. The molecule has 6 heteroatoms. The summed E-state index contributed by atoms with van der Waals surface area (Å²) in [5, 5.41) is 5.93. The number of hydrogen-bond acceptors (Lipinski definition) is 2. The van der Waals surface area contributed by atoms with Gasteiger partial charge < -0.3 is 10.6 Å². The van der Waals surface area contributed by atoms with Crippen LogP contribution >= 0.6 is 23.2 Å². The van der Waals surface area contributed by atoms with Gasteiger partial charge in [-0.05, 0) is 23.8 Å². The lowest BCUT2D eigenvalue weighted by Crippen LogP contribution is -2.33. The van der Waals surface area contributed by atoms with Crippen molar-refractivity contribution < 1.29 is 9.18 Å². The maximum atomic E-state index is 13.1. The predicted molar refractivity (Wildman–Crippen MR) is 82.6 cm³/mol. The third-order valence-corrected chi connectivity index (χ3v) is 3.94. The fraction of sp³-hybridized carbons (Fsp3) is 0.133. The molecule has 1 aliphatic heterocycles. The van der Waals surface area contributed by atoms with Gasteiger partial charge in [0.05, 0.1) is 15.7 Å². The molecule has 1 unspecified atom stereocenters. The first kappa shape index (κ1) is 14.2. The van der Waals surface area contributed by atoms with Crippen LogP contribution in [0.3, 0.4) is 0 Å². The average molecular weight is 325 g/mol. The largest absolute Gasteiger partial charge is 0.373 e. The van der Waals surface area contributed by atoms with Crippen molar-refractivity contribution in [3.05, 3.63) is 57.8 Å². The monoisotopic (exact) mass is 324 g/mol. The Kier molecular flexibility index (Phi) is 3.74. The number of hydrogen-bond donors (Lipinski definition) is 2. The molecule has 0 saturated heterocycles. The molecule has 0 saturated carbocycles. The summed E-state index contributed by atoms with van der Waals surface area (Å²) in [7, 11) is 0. The predicted octanol–water partition coefficient (Wildman–Crippen LogP) is 4.11. The Morgan fingerprint density at radius 2 is 1.90 bits per heavy atom. The van der Waals surface area contributed by atoms with E-state index in [1.165, 1.54) is 0 Å². The molecule has 0 spiro atoms. The maximum absolute atomic E-state index is 13.1. The standard InChI is InChI=1S/C15H11Cl2FN2O/c16-10-6-9(18)7-11(17)14(10)20-15(21)13-5-8-3-1-2-4-12(8)19-13/h1-4,6-7,13,19H,5H2,(H,20,21). The highest BCUT2D eigenvalue weighted by Crippen LogP contribution is 2.32. The van der Waals surface area contributed by atoms with E-state index in [-0.39, 0.29) is 21.6 Å². The van der Waals surface area contributed by atoms with Crippen molar-refractivity contribution in [2.45, 2.75) is 12.5 Å². The summed E-state index contributed by atoms with van der Waals surface area (Å²) < 4.78 is 13.1. The third kappa shape index (κ3) is 2.82. The van der Waals surface area contributed by atoms with Crippen molar-refractivity contribution in [3.8, 4) is 0 Å². The summed E-state index contributed by atoms with van der Waals surface area (Å²) in [5.41, 5.74) is 2.24. The van der Waals surface area contributed by atoms with Gasteiger partial charge in [-0.15, -0.1) is 0 Å². The van der Waals surface area contributed by atoms with Crippen molar-refractivity contribution in [3.63, 3.8) is 0 Å². The molecule has 1 heterocycles. The Hall–Kier alpha value is -1.78. The fourth-order valence-corrected chi connectivity index (χ4v) is 2.88. The highest BCUT2D eigenvalue weighted by molar-refractivity contribution is 6.39. The second-order valence-electron chi connectivity index (χ2n) is 4.79. The molecule has 0 radical (unpaired) electrons. The topological polar surface area (TPSA) is 41.1 Å². The lowest BCUT2D eigenvalue weighted by molar-refractivity contribution is -0.116. The SMILES string of the molecule is O=C(Nc1c(Cl)cc(F)cc1Cl)C1Cc2ccccc2N1. The van der Waals surface area contributed by atoms with Crippen LogP contribution < -0.4 is 10.6 Å². The molecule has 0 bridgehead atoms. The third-order valence-electron chi connectivity index (χ3n) is 3.34. The molecule has 1 amide bonds. The van der Waals surface area contributed by atoms with Gasteiger partial charge in [0.2, 0.25) is 5.91 Å². The molecule has 21 heavy (non-hydrogen) atoms. The van der Waals surface area contributed by atoms with E-state index in [1.807, 2.05) is 24.3 Å². The first-order chi connectivity index (χ1) is 10.0. The van der Waals surface area contributed by atoms with Gasteiger partial charge in [-0.1, -0.05) is 41.4 Å². The summed E-state index contributed by atoms with van der Waals surface area (Å²) in [6.07, 6.45) is 0.582. The molecule has 1 aliphatic rings. The minimum Gasteiger partial charge on any atom is -0.373 e. The van der Waals surface area contributed by atoms with Crippen molar-refractivity contribution in [2.75, 3.05) is 10.6 Å². The molecule has 2 aromatic carbocycles. The van der Waals surface area contributed by atoms with Gasteiger partial charge in [-0.25, -0.2) is 4.39 Å². The highest BCUT2D eigenvalue weighted by atomic mass is 35.5. The van der Waals surface area contributed by atoms with Crippen LogP contribution in [0.15, 0.2) is 36.4 Å². The van der Waals surface area contributed by atoms with E-state index in [0.29, 0.717) is 6.42 Å². The van der Waals surface area contributed by atoms with Gasteiger partial charge in [0, 0.05) is 12.1 Å². The summed E-state index contributed by atoms with van der Waals surface area (Å²) in [6, 6.07) is 9.53. The van der Waals surface area contributed by atoms with Crippen molar-refractivity contribution in [1.82, 2.24) is 0 Å². The summed E-state index contributed by atoms with van der Waals surface area (Å²) in [6.45, 7) is 0. The molecule has 0 fully saturated rings. The van der Waals surface area contributed by atoms with E-state index in [1.54, 1.807) is 0 Å². The van der Waals surface area contributed by atoms with Crippen LogP contribution in [0.2, 0.25) is 10.0 Å². The van der Waals surface area contributed by atoms with Crippen molar-refractivity contribution in [1.29, 1.82) is 0 Å². The number of benzene rings is 2. The van der Waals surface area contributed by atoms with Crippen LogP contribution in [0.25, 0.3) is 0 Å². The smallest absolute Gasteiger partial charge is 0.247 e. The number of nitrogens with one attached hydrogen (secondary N) is 2. The molecule has 3 rings (SSSR count). The highest BCUT2D eigenvalue weighted by Gasteiger charge is 2.27. The molecular weight excluding hydrogens is 314 g/mol. The quantitative estimate of drug-likeness (QED) is 0.872. The molecular formula is C15H11Cl2FN2O. The Bertz CT molecular complexity index is 673. The summed E-state index contributed by atoms with van der Waals surface area (Å²) >= 11 is 11.8. The Morgan fingerprint density at radius 3 is 2.57 bits per heavy atom. The molecule has 0 aliphatic carbocycles. The van der Waals surface area contributed by atoms with E-state index in [2.05, 4.69) is 10.6 Å². The van der Waals surface area contributed by atoms with Crippen LogP contribution in [0.4, 0.5) is 15.8 Å². The van der Waals surface area contributed by atoms with Gasteiger partial charge in [0.1, 0.15) is 11.9 Å². The lowest BCUT2D eigenvalue weighted by atomic mass is 10.1. The van der Waals surface area contributed by atoms with Gasteiger partial charge in [0.25, 0.3) is 0 Å². The number of para-hydroxylation sites is 1. The number of anilines is 2. The van der Waals surface area contributed by atoms with Crippen LogP contribution in [0, 0.1) is 5.82 Å². The fourth-order valence-electron chi connectivity index (χ4n) is 2.33. The van der Waals surface area contributed by atoms with E-state index >= 15 is 0 Å². The van der Waals surface area contributed by atoms with E-state index in [0.717, 1.165) is 23.4 Å². The van der Waals surface area contributed by atoms with E-state index < -0.39 is 11.9 Å². The number of carbonyl (C=O) groups is 1. The van der Waals surface area contributed by atoms with Crippen LogP contribution in [-0.4, -0.2) is 11.9 Å². The Labute approximate surface area is 131 Å². The normalized spacial score (nSPS) is 16.2. The minimum atomic E-state index is -0.547. The number of fused-ring (bicyclic) bond motifs is 1. The Morgan fingerprint density at radius 1 is 1.24 bits per heavy atom. The molecule has 2 aromatic rings. The van der Waals surface area contributed by atoms with Crippen LogP contribution in [0.1, 0.15) is 5.56 Å². The summed E-state index contributed by atoms with van der Waals surface area (Å²) in [4.78, 5) is 12.3. The molecule has 2 N–H and O–H groups in total. The van der Waals surface area contributed by atoms with Gasteiger partial charge in [-0.3, -0.25) is 4.79 Å². The first-order valence-corrected chi connectivity index (χ1v) is 7.10. The summed E-state index contributed by atoms with van der Waals surface area (Å²) in [5.74, 6) is -0.809. The Balaban J connectivity index is 1.77. The molecule has 3 nitrogen and oxygen atoms in total.